The molecule has 0 aliphatic rings. The Balaban J connectivity index is 1.69. The van der Waals surface area contributed by atoms with Gasteiger partial charge in [0, 0.05) is 11.1 Å². The van der Waals surface area contributed by atoms with Gasteiger partial charge in [-0.3, -0.25) is 0 Å². The zero-order chi connectivity index (χ0) is 12.4. The molecule has 0 radical (unpaired) electrons. The van der Waals surface area contributed by atoms with Crippen molar-refractivity contribution >= 4 is 11.3 Å². The third-order valence-corrected chi connectivity index (χ3v) is 3.44. The first-order valence-corrected chi connectivity index (χ1v) is 6.45. The minimum Gasteiger partial charge on any atom is -0.465 e. The molecule has 0 saturated carbocycles. The number of H-pyrrole nitrogens is 1. The van der Waals surface area contributed by atoms with Gasteiger partial charge in [0.2, 0.25) is 0 Å². The molecule has 0 bridgehead atoms. The first kappa shape index (κ1) is 11.2. The van der Waals surface area contributed by atoms with Gasteiger partial charge in [-0.1, -0.05) is 0 Å². The molecule has 6 heteroatoms. The predicted molar refractivity (Wildman–Crippen MR) is 67.6 cm³/mol. The molecule has 0 atom stereocenters. The van der Waals surface area contributed by atoms with Gasteiger partial charge >= 0.3 is 0 Å². The zero-order valence-electron chi connectivity index (χ0n) is 9.88. The van der Waals surface area contributed by atoms with Gasteiger partial charge in [-0.15, -0.1) is 11.3 Å². The van der Waals surface area contributed by atoms with Crippen LogP contribution >= 0.6 is 11.3 Å². The van der Waals surface area contributed by atoms with Gasteiger partial charge in [-0.05, 0) is 19.1 Å². The summed E-state index contributed by atoms with van der Waals surface area (Å²) in [6, 6.07) is 3.97. The SMILES string of the molecule is Cc1cnc(Cc2ccc(Cc3cn[nH]n3)o2)s1. The van der Waals surface area contributed by atoms with Crippen LogP contribution in [0.4, 0.5) is 0 Å². The summed E-state index contributed by atoms with van der Waals surface area (Å²) in [6.07, 6.45) is 5.00. The second-order valence-electron chi connectivity index (χ2n) is 4.05. The standard InChI is InChI=1S/C12H12N4OS/c1-8-6-13-12(18-8)5-11-3-2-10(17-11)4-9-7-14-16-15-9/h2-3,6-7H,4-5H2,1H3,(H,14,15,16). The molecule has 0 spiro atoms. The lowest BCUT2D eigenvalue weighted by molar-refractivity contribution is 0.480. The highest BCUT2D eigenvalue weighted by Crippen LogP contribution is 2.18. The minimum absolute atomic E-state index is 0.660. The van der Waals surface area contributed by atoms with Crippen LogP contribution in [0, 0.1) is 6.92 Å². The Bertz CT molecular complexity index is 626. The molecule has 0 unspecified atom stereocenters. The maximum absolute atomic E-state index is 5.76. The van der Waals surface area contributed by atoms with Crippen LogP contribution in [0.25, 0.3) is 0 Å². The fourth-order valence-electron chi connectivity index (χ4n) is 1.73. The van der Waals surface area contributed by atoms with E-state index in [-0.39, 0.29) is 0 Å². The van der Waals surface area contributed by atoms with Gasteiger partial charge in [0.1, 0.15) is 16.5 Å². The number of hydrogen-bond donors (Lipinski definition) is 1. The van der Waals surface area contributed by atoms with Gasteiger partial charge in [0.25, 0.3) is 0 Å². The molecule has 92 valence electrons. The van der Waals surface area contributed by atoms with Crippen molar-refractivity contribution in [2.75, 3.05) is 0 Å². The summed E-state index contributed by atoms with van der Waals surface area (Å²) in [5.41, 5.74) is 0.876. The van der Waals surface area contributed by atoms with Crippen LogP contribution in [0.2, 0.25) is 0 Å². The minimum atomic E-state index is 0.660. The lowest BCUT2D eigenvalue weighted by Crippen LogP contribution is -1.86. The topological polar surface area (TPSA) is 67.6 Å². The van der Waals surface area contributed by atoms with Crippen molar-refractivity contribution in [1.82, 2.24) is 20.4 Å². The summed E-state index contributed by atoms with van der Waals surface area (Å²) < 4.78 is 5.76. The van der Waals surface area contributed by atoms with E-state index in [1.54, 1.807) is 17.5 Å². The predicted octanol–water partition coefficient (Wildman–Crippen LogP) is 2.34. The Hall–Kier alpha value is -1.95. The summed E-state index contributed by atoms with van der Waals surface area (Å²) in [5.74, 6) is 1.83. The first-order chi connectivity index (χ1) is 8.79. The van der Waals surface area contributed by atoms with Crippen molar-refractivity contribution in [1.29, 1.82) is 0 Å². The monoisotopic (exact) mass is 260 g/mol. The normalized spacial score (nSPS) is 10.9. The lowest BCUT2D eigenvalue weighted by atomic mass is 10.3. The van der Waals surface area contributed by atoms with Crippen LogP contribution < -0.4 is 0 Å². The van der Waals surface area contributed by atoms with Crippen molar-refractivity contribution in [3.8, 4) is 0 Å². The summed E-state index contributed by atoms with van der Waals surface area (Å²) in [7, 11) is 0. The van der Waals surface area contributed by atoms with E-state index in [1.165, 1.54) is 4.88 Å². The van der Waals surface area contributed by atoms with Crippen LogP contribution in [0.1, 0.15) is 27.1 Å². The van der Waals surface area contributed by atoms with E-state index in [0.29, 0.717) is 6.42 Å². The van der Waals surface area contributed by atoms with Crippen molar-refractivity contribution in [3.63, 3.8) is 0 Å². The summed E-state index contributed by atoms with van der Waals surface area (Å²) in [5, 5.41) is 11.4. The largest absolute Gasteiger partial charge is 0.465 e. The van der Waals surface area contributed by atoms with E-state index < -0.39 is 0 Å². The number of hydrogen-bond acceptors (Lipinski definition) is 5. The quantitative estimate of drug-likeness (QED) is 0.781. The summed E-state index contributed by atoms with van der Waals surface area (Å²) in [4.78, 5) is 5.55. The van der Waals surface area contributed by atoms with Crippen LogP contribution in [0.3, 0.4) is 0 Å². The van der Waals surface area contributed by atoms with E-state index >= 15 is 0 Å². The third-order valence-electron chi connectivity index (χ3n) is 2.53. The number of aromatic nitrogens is 4. The van der Waals surface area contributed by atoms with Crippen LogP contribution in [0.15, 0.2) is 28.9 Å². The lowest BCUT2D eigenvalue weighted by Gasteiger charge is -1.93. The van der Waals surface area contributed by atoms with Crippen molar-refractivity contribution < 1.29 is 4.42 Å². The molecule has 3 aromatic heterocycles. The highest BCUT2D eigenvalue weighted by atomic mass is 32.1. The second kappa shape index (κ2) is 4.73. The van der Waals surface area contributed by atoms with Gasteiger partial charge in [0.15, 0.2) is 0 Å². The fourth-order valence-corrected chi connectivity index (χ4v) is 2.53. The average Bonchev–Trinajstić information content (AvgIpc) is 3.04. The fraction of sp³-hybridized carbons (Fsp3) is 0.250. The van der Waals surface area contributed by atoms with Crippen molar-refractivity contribution in [2.45, 2.75) is 19.8 Å². The molecule has 0 aromatic carbocycles. The first-order valence-electron chi connectivity index (χ1n) is 5.63. The Labute approximate surface area is 108 Å². The number of furan rings is 1. The molecule has 3 heterocycles. The number of aromatic amines is 1. The second-order valence-corrected chi connectivity index (χ2v) is 5.37. The molecule has 0 fully saturated rings. The molecule has 0 saturated heterocycles. The zero-order valence-corrected chi connectivity index (χ0v) is 10.7. The molecule has 5 nitrogen and oxygen atoms in total. The number of nitrogens with zero attached hydrogens (tertiary/aromatic N) is 3. The highest BCUT2D eigenvalue weighted by molar-refractivity contribution is 7.11. The number of nitrogens with one attached hydrogen (secondary N) is 1. The van der Waals surface area contributed by atoms with E-state index in [4.69, 9.17) is 4.42 Å². The van der Waals surface area contributed by atoms with E-state index in [0.717, 1.165) is 28.6 Å². The van der Waals surface area contributed by atoms with E-state index in [2.05, 4.69) is 27.3 Å². The van der Waals surface area contributed by atoms with Crippen molar-refractivity contribution in [3.05, 3.63) is 51.6 Å². The molecular formula is C12H12N4OS. The molecule has 0 aliphatic heterocycles. The highest BCUT2D eigenvalue weighted by Gasteiger charge is 2.07. The van der Waals surface area contributed by atoms with Crippen LogP contribution in [-0.2, 0) is 12.8 Å². The molecule has 1 N–H and O–H groups in total. The van der Waals surface area contributed by atoms with E-state index in [1.807, 2.05) is 18.3 Å². The number of rotatable bonds is 4. The van der Waals surface area contributed by atoms with Crippen molar-refractivity contribution in [2.24, 2.45) is 0 Å². The molecule has 3 rings (SSSR count). The Morgan fingerprint density at radius 1 is 1.22 bits per heavy atom. The Morgan fingerprint density at radius 2 is 2.06 bits per heavy atom. The van der Waals surface area contributed by atoms with Gasteiger partial charge < -0.3 is 4.42 Å². The van der Waals surface area contributed by atoms with Gasteiger partial charge in [0.05, 0.1) is 24.7 Å². The molecular weight excluding hydrogens is 248 g/mol. The maximum Gasteiger partial charge on any atom is 0.111 e. The Morgan fingerprint density at radius 3 is 2.72 bits per heavy atom. The van der Waals surface area contributed by atoms with E-state index in [9.17, 15) is 0 Å². The molecule has 0 aliphatic carbocycles. The van der Waals surface area contributed by atoms with Crippen LogP contribution in [-0.4, -0.2) is 20.4 Å². The smallest absolute Gasteiger partial charge is 0.111 e. The Kier molecular flexibility index (Phi) is 2.93. The summed E-state index contributed by atoms with van der Waals surface area (Å²) >= 11 is 1.70. The number of thiazole rings is 1. The molecule has 18 heavy (non-hydrogen) atoms. The number of aryl methyl sites for hydroxylation is 1. The van der Waals surface area contributed by atoms with Crippen LogP contribution in [0.5, 0.6) is 0 Å². The maximum atomic E-state index is 5.76. The average molecular weight is 260 g/mol. The van der Waals surface area contributed by atoms with Gasteiger partial charge in [-0.2, -0.15) is 15.4 Å². The third kappa shape index (κ3) is 2.48. The molecule has 0 amide bonds. The summed E-state index contributed by atoms with van der Waals surface area (Å²) in [6.45, 7) is 2.05. The van der Waals surface area contributed by atoms with Gasteiger partial charge in [-0.25, -0.2) is 4.98 Å². The molecule has 3 aromatic rings.